The molecule has 6 heteroatoms. The number of methoxy groups -OCH3 is 1. The van der Waals surface area contributed by atoms with Crippen molar-refractivity contribution in [3.05, 3.63) is 0 Å². The second kappa shape index (κ2) is 7.11. The van der Waals surface area contributed by atoms with Crippen molar-refractivity contribution in [3.63, 3.8) is 0 Å². The first-order chi connectivity index (χ1) is 8.17. The molecule has 0 spiro atoms. The van der Waals surface area contributed by atoms with Gasteiger partial charge in [0.15, 0.2) is 0 Å². The highest BCUT2D eigenvalue weighted by Gasteiger charge is 2.29. The summed E-state index contributed by atoms with van der Waals surface area (Å²) in [6.45, 7) is -0.0500. The first kappa shape index (κ1) is 13.8. The van der Waals surface area contributed by atoms with E-state index in [0.29, 0.717) is 6.42 Å². The minimum atomic E-state index is -0.219. The SMILES string of the molecule is COC(=O)CCCCCC1NC(=O)NC1CO. The van der Waals surface area contributed by atoms with Crippen molar-refractivity contribution >= 4 is 12.0 Å². The number of unbranched alkanes of at least 4 members (excludes halogenated alkanes) is 2. The average molecular weight is 244 g/mol. The third-order valence-corrected chi connectivity index (χ3v) is 2.94. The molecule has 1 saturated heterocycles. The van der Waals surface area contributed by atoms with E-state index >= 15 is 0 Å². The number of ether oxygens (including phenoxy) is 1. The number of hydrogen-bond acceptors (Lipinski definition) is 4. The molecule has 1 heterocycles. The monoisotopic (exact) mass is 244 g/mol. The largest absolute Gasteiger partial charge is 0.469 e. The van der Waals surface area contributed by atoms with E-state index in [9.17, 15) is 9.59 Å². The Morgan fingerprint density at radius 2 is 2.00 bits per heavy atom. The van der Waals surface area contributed by atoms with Crippen LogP contribution >= 0.6 is 0 Å². The van der Waals surface area contributed by atoms with Gasteiger partial charge in [-0.05, 0) is 12.8 Å². The second-order valence-electron chi connectivity index (χ2n) is 4.19. The Kier molecular flexibility index (Phi) is 5.76. The molecule has 0 aromatic rings. The number of esters is 1. The van der Waals surface area contributed by atoms with Crippen LogP contribution in [0.3, 0.4) is 0 Å². The molecule has 3 N–H and O–H groups in total. The molecule has 0 radical (unpaired) electrons. The van der Waals surface area contributed by atoms with Gasteiger partial charge in [0.05, 0.1) is 25.8 Å². The van der Waals surface area contributed by atoms with Crippen LogP contribution in [0.2, 0.25) is 0 Å². The maximum Gasteiger partial charge on any atom is 0.315 e. The average Bonchev–Trinajstić information content (AvgIpc) is 2.69. The number of amides is 2. The number of carbonyl (C=O) groups excluding carboxylic acids is 2. The van der Waals surface area contributed by atoms with Gasteiger partial charge in [-0.15, -0.1) is 0 Å². The summed E-state index contributed by atoms with van der Waals surface area (Å²) in [6, 6.07) is -0.419. The van der Waals surface area contributed by atoms with Crippen LogP contribution in [0.5, 0.6) is 0 Å². The lowest BCUT2D eigenvalue weighted by Gasteiger charge is -2.15. The molecule has 0 aliphatic carbocycles. The molecule has 6 nitrogen and oxygen atoms in total. The zero-order valence-electron chi connectivity index (χ0n) is 10.1. The first-order valence-corrected chi connectivity index (χ1v) is 5.92. The summed E-state index contributed by atoms with van der Waals surface area (Å²) in [5.74, 6) is -0.186. The van der Waals surface area contributed by atoms with Gasteiger partial charge in [-0.25, -0.2) is 4.79 Å². The summed E-state index contributed by atoms with van der Waals surface area (Å²) in [7, 11) is 1.38. The first-order valence-electron chi connectivity index (χ1n) is 5.92. The third-order valence-electron chi connectivity index (χ3n) is 2.94. The van der Waals surface area contributed by atoms with Crippen LogP contribution < -0.4 is 10.6 Å². The summed E-state index contributed by atoms with van der Waals surface area (Å²) in [5, 5.41) is 14.5. The zero-order valence-corrected chi connectivity index (χ0v) is 10.1. The molecule has 2 atom stereocenters. The van der Waals surface area contributed by atoms with E-state index in [4.69, 9.17) is 5.11 Å². The normalized spacial score (nSPS) is 23.1. The van der Waals surface area contributed by atoms with E-state index in [0.717, 1.165) is 25.7 Å². The Morgan fingerprint density at radius 1 is 1.29 bits per heavy atom. The molecule has 1 rings (SSSR count). The van der Waals surface area contributed by atoms with Gasteiger partial charge in [0.2, 0.25) is 0 Å². The van der Waals surface area contributed by atoms with Crippen LogP contribution in [0.25, 0.3) is 0 Å². The summed E-state index contributed by atoms with van der Waals surface area (Å²) in [6.07, 6.45) is 3.88. The highest BCUT2D eigenvalue weighted by Crippen LogP contribution is 2.11. The molecule has 2 unspecified atom stereocenters. The molecule has 1 fully saturated rings. The summed E-state index contributed by atoms with van der Waals surface area (Å²) in [5.41, 5.74) is 0. The van der Waals surface area contributed by atoms with Gasteiger partial charge < -0.3 is 20.5 Å². The highest BCUT2D eigenvalue weighted by atomic mass is 16.5. The number of hydrogen-bond donors (Lipinski definition) is 3. The maximum atomic E-state index is 11.0. The van der Waals surface area contributed by atoms with Crippen LogP contribution in [0.1, 0.15) is 32.1 Å². The Labute approximate surface area is 101 Å². The van der Waals surface area contributed by atoms with Crippen molar-refractivity contribution in [1.29, 1.82) is 0 Å². The van der Waals surface area contributed by atoms with Gasteiger partial charge in [-0.1, -0.05) is 12.8 Å². The predicted octanol–water partition coefficient (Wildman–Crippen LogP) is 0.152. The van der Waals surface area contributed by atoms with E-state index in [1.165, 1.54) is 7.11 Å². The molecule has 17 heavy (non-hydrogen) atoms. The standard InChI is InChI=1S/C11H20N2O4/c1-17-10(15)6-4-2-3-5-8-9(7-14)13-11(16)12-8/h8-9,14H,2-7H2,1H3,(H2,12,13,16). The Balaban J connectivity index is 2.10. The van der Waals surface area contributed by atoms with Crippen molar-refractivity contribution in [2.75, 3.05) is 13.7 Å². The van der Waals surface area contributed by atoms with Gasteiger partial charge >= 0.3 is 12.0 Å². The summed E-state index contributed by atoms with van der Waals surface area (Å²) < 4.78 is 4.54. The number of rotatable bonds is 7. The number of urea groups is 1. The van der Waals surface area contributed by atoms with E-state index in [1.807, 2.05) is 0 Å². The molecular formula is C11H20N2O4. The van der Waals surface area contributed by atoms with Gasteiger partial charge in [0, 0.05) is 6.42 Å². The fourth-order valence-corrected chi connectivity index (χ4v) is 1.94. The lowest BCUT2D eigenvalue weighted by atomic mass is 10.0. The quantitative estimate of drug-likeness (QED) is 0.439. The van der Waals surface area contributed by atoms with Gasteiger partial charge in [0.1, 0.15) is 0 Å². The molecular weight excluding hydrogens is 224 g/mol. The topological polar surface area (TPSA) is 87.7 Å². The Bertz CT molecular complexity index is 270. The molecule has 2 amide bonds. The molecule has 0 bridgehead atoms. The number of aliphatic hydroxyl groups excluding tert-OH is 1. The van der Waals surface area contributed by atoms with Crippen LogP contribution in [-0.2, 0) is 9.53 Å². The van der Waals surface area contributed by atoms with Crippen LogP contribution in [0, 0.1) is 0 Å². The molecule has 98 valence electrons. The van der Waals surface area contributed by atoms with E-state index in [1.54, 1.807) is 0 Å². The van der Waals surface area contributed by atoms with Gasteiger partial charge in [-0.2, -0.15) is 0 Å². The van der Waals surface area contributed by atoms with Crippen LogP contribution in [0.4, 0.5) is 4.79 Å². The Morgan fingerprint density at radius 3 is 2.65 bits per heavy atom. The van der Waals surface area contributed by atoms with Crippen molar-refractivity contribution in [2.24, 2.45) is 0 Å². The molecule has 1 aliphatic heterocycles. The van der Waals surface area contributed by atoms with Gasteiger partial charge in [0.25, 0.3) is 0 Å². The minimum Gasteiger partial charge on any atom is -0.469 e. The number of aliphatic hydroxyl groups is 1. The van der Waals surface area contributed by atoms with E-state index in [-0.39, 0.29) is 30.7 Å². The lowest BCUT2D eigenvalue weighted by Crippen LogP contribution is -2.36. The number of nitrogens with one attached hydrogen (secondary N) is 2. The highest BCUT2D eigenvalue weighted by molar-refractivity contribution is 5.77. The summed E-state index contributed by atoms with van der Waals surface area (Å²) in [4.78, 5) is 21.9. The molecule has 1 aliphatic rings. The fraction of sp³-hybridized carbons (Fsp3) is 0.818. The maximum absolute atomic E-state index is 11.0. The molecule has 0 aromatic heterocycles. The predicted molar refractivity (Wildman–Crippen MR) is 61.4 cm³/mol. The Hall–Kier alpha value is -1.30. The van der Waals surface area contributed by atoms with Gasteiger partial charge in [-0.3, -0.25) is 4.79 Å². The van der Waals surface area contributed by atoms with Crippen LogP contribution in [-0.4, -0.2) is 42.9 Å². The molecule has 0 saturated carbocycles. The van der Waals surface area contributed by atoms with Crippen molar-refractivity contribution < 1.29 is 19.4 Å². The minimum absolute atomic E-state index is 0.00868. The smallest absolute Gasteiger partial charge is 0.315 e. The third kappa shape index (κ3) is 4.60. The van der Waals surface area contributed by atoms with Crippen molar-refractivity contribution in [1.82, 2.24) is 10.6 Å². The van der Waals surface area contributed by atoms with E-state index in [2.05, 4.69) is 15.4 Å². The lowest BCUT2D eigenvalue weighted by molar-refractivity contribution is -0.140. The van der Waals surface area contributed by atoms with Crippen molar-refractivity contribution in [2.45, 2.75) is 44.2 Å². The van der Waals surface area contributed by atoms with Crippen LogP contribution in [0.15, 0.2) is 0 Å². The second-order valence-corrected chi connectivity index (χ2v) is 4.19. The van der Waals surface area contributed by atoms with E-state index < -0.39 is 0 Å². The number of carbonyl (C=O) groups is 2. The van der Waals surface area contributed by atoms with Crippen molar-refractivity contribution in [3.8, 4) is 0 Å². The zero-order chi connectivity index (χ0) is 12.7. The fourth-order valence-electron chi connectivity index (χ4n) is 1.94. The summed E-state index contributed by atoms with van der Waals surface area (Å²) >= 11 is 0. The molecule has 0 aromatic carbocycles.